The van der Waals surface area contributed by atoms with Crippen LogP contribution in [0.3, 0.4) is 0 Å². The maximum absolute atomic E-state index is 12.3. The number of rotatable bonds is 5. The summed E-state index contributed by atoms with van der Waals surface area (Å²) in [5.74, 6) is -0.373. The molecule has 1 aromatic heterocycles. The highest BCUT2D eigenvalue weighted by Crippen LogP contribution is 2.20. The molecule has 2 aliphatic rings. The van der Waals surface area contributed by atoms with Gasteiger partial charge in [-0.15, -0.1) is 11.3 Å². The minimum Gasteiger partial charge on any atom is -0.463 e. The third-order valence-corrected chi connectivity index (χ3v) is 5.36. The highest BCUT2D eigenvalue weighted by atomic mass is 32.1. The molecular formula is C17H25N5O3S. The fraction of sp³-hybridized carbons (Fsp3) is 0.588. The van der Waals surface area contributed by atoms with E-state index in [2.05, 4.69) is 25.4 Å². The van der Waals surface area contributed by atoms with Crippen molar-refractivity contribution in [3.05, 3.63) is 22.8 Å². The summed E-state index contributed by atoms with van der Waals surface area (Å²) in [6.45, 7) is 7.99. The van der Waals surface area contributed by atoms with E-state index < -0.39 is 0 Å². The molecule has 1 atom stereocenters. The summed E-state index contributed by atoms with van der Waals surface area (Å²) in [6, 6.07) is -0.642. The number of hydrogen-bond donors (Lipinski definition) is 2. The third kappa shape index (κ3) is 4.34. The van der Waals surface area contributed by atoms with Gasteiger partial charge in [-0.1, -0.05) is 0 Å². The Balaban J connectivity index is 1.71. The molecule has 0 aliphatic carbocycles. The Labute approximate surface area is 157 Å². The number of esters is 1. The van der Waals surface area contributed by atoms with Crippen LogP contribution in [-0.2, 0) is 9.53 Å². The first-order valence-corrected chi connectivity index (χ1v) is 9.81. The summed E-state index contributed by atoms with van der Waals surface area (Å²) in [6.07, 6.45) is 2.83. The SMILES string of the molecule is CCOC(=O)C1=C(CN2CCCN(c3nccs3)CC2)NC(=O)NC1C. The minimum atomic E-state index is -0.373. The van der Waals surface area contributed by atoms with E-state index in [1.54, 1.807) is 25.2 Å². The van der Waals surface area contributed by atoms with Crippen molar-refractivity contribution in [2.24, 2.45) is 0 Å². The molecule has 8 nitrogen and oxygen atoms in total. The van der Waals surface area contributed by atoms with Crippen molar-refractivity contribution < 1.29 is 14.3 Å². The predicted molar refractivity (Wildman–Crippen MR) is 100 cm³/mol. The molecule has 2 aliphatic heterocycles. The van der Waals surface area contributed by atoms with Gasteiger partial charge in [0.25, 0.3) is 0 Å². The second kappa shape index (κ2) is 8.50. The molecule has 26 heavy (non-hydrogen) atoms. The molecular weight excluding hydrogens is 354 g/mol. The molecule has 0 radical (unpaired) electrons. The normalized spacial score (nSPS) is 21.8. The molecule has 1 saturated heterocycles. The van der Waals surface area contributed by atoms with Crippen LogP contribution >= 0.6 is 11.3 Å². The first-order chi connectivity index (χ1) is 12.6. The summed E-state index contributed by atoms with van der Waals surface area (Å²) in [4.78, 5) is 33.2. The zero-order valence-electron chi connectivity index (χ0n) is 15.2. The Morgan fingerprint density at radius 2 is 2.23 bits per heavy atom. The fourth-order valence-corrected chi connectivity index (χ4v) is 4.02. The molecule has 3 rings (SSSR count). The number of aromatic nitrogens is 1. The van der Waals surface area contributed by atoms with Crippen LogP contribution in [0, 0.1) is 0 Å². The molecule has 0 spiro atoms. The topological polar surface area (TPSA) is 86.8 Å². The van der Waals surface area contributed by atoms with Gasteiger partial charge in [-0.25, -0.2) is 14.6 Å². The van der Waals surface area contributed by atoms with Crippen LogP contribution in [0.2, 0.25) is 0 Å². The number of amides is 2. The number of nitrogens with one attached hydrogen (secondary N) is 2. The average Bonchev–Trinajstić information content (AvgIpc) is 3.02. The molecule has 0 aromatic carbocycles. The quantitative estimate of drug-likeness (QED) is 0.747. The smallest absolute Gasteiger partial charge is 0.337 e. The van der Waals surface area contributed by atoms with E-state index in [4.69, 9.17) is 4.74 Å². The number of urea groups is 1. The van der Waals surface area contributed by atoms with Crippen molar-refractivity contribution >= 4 is 28.5 Å². The van der Waals surface area contributed by atoms with Crippen molar-refractivity contribution in [1.29, 1.82) is 0 Å². The molecule has 2 N–H and O–H groups in total. The zero-order chi connectivity index (χ0) is 18.5. The summed E-state index contributed by atoms with van der Waals surface area (Å²) >= 11 is 1.65. The van der Waals surface area contributed by atoms with Crippen molar-refractivity contribution in [2.75, 3.05) is 44.2 Å². The van der Waals surface area contributed by atoms with Gasteiger partial charge in [-0.3, -0.25) is 4.90 Å². The van der Waals surface area contributed by atoms with Gasteiger partial charge in [-0.05, 0) is 20.3 Å². The van der Waals surface area contributed by atoms with Crippen molar-refractivity contribution in [2.45, 2.75) is 26.3 Å². The Bertz CT molecular complexity index is 676. The van der Waals surface area contributed by atoms with Crippen LogP contribution in [0.1, 0.15) is 20.3 Å². The molecule has 0 bridgehead atoms. The molecule has 1 fully saturated rings. The number of thiazole rings is 1. The average molecular weight is 379 g/mol. The summed E-state index contributed by atoms with van der Waals surface area (Å²) in [5, 5.41) is 8.57. The van der Waals surface area contributed by atoms with Crippen LogP contribution in [0.4, 0.5) is 9.93 Å². The number of carbonyl (C=O) groups is 2. The molecule has 1 aromatic rings. The lowest BCUT2D eigenvalue weighted by Crippen LogP contribution is -2.51. The van der Waals surface area contributed by atoms with E-state index in [1.807, 2.05) is 11.6 Å². The molecule has 3 heterocycles. The highest BCUT2D eigenvalue weighted by Gasteiger charge is 2.30. The van der Waals surface area contributed by atoms with E-state index in [9.17, 15) is 9.59 Å². The van der Waals surface area contributed by atoms with Crippen molar-refractivity contribution in [3.8, 4) is 0 Å². The van der Waals surface area contributed by atoms with Gasteiger partial charge in [0.2, 0.25) is 0 Å². The standard InChI is InChI=1S/C17H25N5O3S/c1-3-25-15(23)14-12(2)19-16(24)20-13(14)11-21-6-4-7-22(9-8-21)17-18-5-10-26-17/h5,10,12H,3-4,6-9,11H2,1-2H3,(H2,19,20,24). The summed E-state index contributed by atoms with van der Waals surface area (Å²) in [7, 11) is 0. The lowest BCUT2D eigenvalue weighted by molar-refractivity contribution is -0.139. The second-order valence-electron chi connectivity index (χ2n) is 6.36. The van der Waals surface area contributed by atoms with Crippen molar-refractivity contribution in [3.63, 3.8) is 0 Å². The number of carbonyl (C=O) groups excluding carboxylic acids is 2. The van der Waals surface area contributed by atoms with Gasteiger partial charge >= 0.3 is 12.0 Å². The number of nitrogens with zero attached hydrogens (tertiary/aromatic N) is 3. The first kappa shape index (κ1) is 18.7. The lowest BCUT2D eigenvalue weighted by atomic mass is 10.0. The Kier molecular flexibility index (Phi) is 6.10. The largest absolute Gasteiger partial charge is 0.463 e. The maximum Gasteiger partial charge on any atom is 0.337 e. The Morgan fingerprint density at radius 1 is 1.38 bits per heavy atom. The predicted octanol–water partition coefficient (Wildman–Crippen LogP) is 1.17. The van der Waals surface area contributed by atoms with Gasteiger partial charge in [0.1, 0.15) is 0 Å². The maximum atomic E-state index is 12.3. The van der Waals surface area contributed by atoms with Gasteiger partial charge < -0.3 is 20.3 Å². The second-order valence-corrected chi connectivity index (χ2v) is 7.24. The Hall–Kier alpha value is -2.13. The van der Waals surface area contributed by atoms with Gasteiger partial charge in [0.05, 0.1) is 18.2 Å². The number of ether oxygens (including phenoxy) is 1. The van der Waals surface area contributed by atoms with Crippen molar-refractivity contribution in [1.82, 2.24) is 20.5 Å². The number of hydrogen-bond acceptors (Lipinski definition) is 7. The van der Waals surface area contributed by atoms with E-state index in [-0.39, 0.29) is 18.0 Å². The summed E-state index contributed by atoms with van der Waals surface area (Å²) < 4.78 is 5.18. The van der Waals surface area contributed by atoms with Crippen LogP contribution in [0.5, 0.6) is 0 Å². The van der Waals surface area contributed by atoms with Crippen LogP contribution in [0.25, 0.3) is 0 Å². The lowest BCUT2D eigenvalue weighted by Gasteiger charge is -2.30. The molecule has 2 amide bonds. The molecule has 9 heteroatoms. The summed E-state index contributed by atoms with van der Waals surface area (Å²) in [5.41, 5.74) is 1.15. The third-order valence-electron chi connectivity index (χ3n) is 4.53. The monoisotopic (exact) mass is 379 g/mol. The highest BCUT2D eigenvalue weighted by molar-refractivity contribution is 7.13. The zero-order valence-corrected chi connectivity index (χ0v) is 16.0. The van der Waals surface area contributed by atoms with E-state index in [0.29, 0.717) is 24.4 Å². The van der Waals surface area contributed by atoms with Crippen LogP contribution in [0.15, 0.2) is 22.8 Å². The van der Waals surface area contributed by atoms with Gasteiger partial charge in [-0.2, -0.15) is 0 Å². The van der Waals surface area contributed by atoms with E-state index in [1.165, 1.54) is 0 Å². The van der Waals surface area contributed by atoms with E-state index >= 15 is 0 Å². The fourth-order valence-electron chi connectivity index (χ4n) is 3.32. The van der Waals surface area contributed by atoms with Gasteiger partial charge in [0.15, 0.2) is 5.13 Å². The van der Waals surface area contributed by atoms with Gasteiger partial charge in [0, 0.05) is 50.0 Å². The molecule has 1 unspecified atom stereocenters. The number of anilines is 1. The van der Waals surface area contributed by atoms with Crippen LogP contribution < -0.4 is 15.5 Å². The molecule has 0 saturated carbocycles. The van der Waals surface area contributed by atoms with Crippen LogP contribution in [-0.4, -0.2) is 67.3 Å². The molecule has 142 valence electrons. The first-order valence-electron chi connectivity index (χ1n) is 8.93. The minimum absolute atomic E-state index is 0.278. The Morgan fingerprint density at radius 3 is 2.96 bits per heavy atom. The van der Waals surface area contributed by atoms with E-state index in [0.717, 1.165) is 37.7 Å².